The second-order valence-electron chi connectivity index (χ2n) is 7.17. The van der Waals surface area contributed by atoms with E-state index in [9.17, 15) is 13.2 Å². The Bertz CT molecular complexity index is 955. The summed E-state index contributed by atoms with van der Waals surface area (Å²) in [4.78, 5) is 12.9. The third-order valence-corrected chi connectivity index (χ3v) is 7.11. The molecule has 1 fully saturated rings. The summed E-state index contributed by atoms with van der Waals surface area (Å²) < 4.78 is 32.4. The Morgan fingerprint density at radius 2 is 1.82 bits per heavy atom. The van der Waals surface area contributed by atoms with Crippen molar-refractivity contribution in [2.24, 2.45) is 5.92 Å². The molecule has 0 saturated carbocycles. The van der Waals surface area contributed by atoms with E-state index in [1.807, 2.05) is 32.0 Å². The average Bonchev–Trinajstić information content (AvgIpc) is 2.71. The van der Waals surface area contributed by atoms with Gasteiger partial charge in [-0.15, -0.1) is 0 Å². The van der Waals surface area contributed by atoms with Gasteiger partial charge in [-0.25, -0.2) is 8.42 Å². The van der Waals surface area contributed by atoms with E-state index in [2.05, 4.69) is 5.32 Å². The van der Waals surface area contributed by atoms with Crippen LogP contribution in [0, 0.1) is 19.8 Å². The van der Waals surface area contributed by atoms with Gasteiger partial charge in [-0.05, 0) is 74.2 Å². The van der Waals surface area contributed by atoms with Gasteiger partial charge in [0, 0.05) is 18.8 Å². The van der Waals surface area contributed by atoms with Crippen LogP contribution in [0.2, 0.25) is 0 Å². The molecule has 7 heteroatoms. The molecular formula is C21H26N2O4S. The van der Waals surface area contributed by atoms with Gasteiger partial charge in [-0.1, -0.05) is 6.07 Å². The van der Waals surface area contributed by atoms with E-state index >= 15 is 0 Å². The lowest BCUT2D eigenvalue weighted by Gasteiger charge is -2.31. The van der Waals surface area contributed by atoms with Crippen molar-refractivity contribution in [3.05, 3.63) is 53.6 Å². The number of aryl methyl sites for hydroxylation is 2. The molecule has 0 aromatic heterocycles. The first kappa shape index (κ1) is 20.4. The highest BCUT2D eigenvalue weighted by molar-refractivity contribution is 7.89. The van der Waals surface area contributed by atoms with Crippen LogP contribution < -0.4 is 10.1 Å². The third-order valence-electron chi connectivity index (χ3n) is 5.23. The Morgan fingerprint density at radius 1 is 1.11 bits per heavy atom. The van der Waals surface area contributed by atoms with Crippen molar-refractivity contribution in [3.8, 4) is 5.75 Å². The number of nitrogens with zero attached hydrogens (tertiary/aromatic N) is 1. The molecule has 1 aliphatic heterocycles. The summed E-state index contributed by atoms with van der Waals surface area (Å²) in [7, 11) is -2.11. The first-order valence-corrected chi connectivity index (χ1v) is 10.8. The maximum atomic E-state index is 12.9. The highest BCUT2D eigenvalue weighted by atomic mass is 32.2. The molecule has 2 aromatic carbocycles. The smallest absolute Gasteiger partial charge is 0.243 e. The normalized spacial score (nSPS) is 17.9. The van der Waals surface area contributed by atoms with Crippen molar-refractivity contribution >= 4 is 21.6 Å². The van der Waals surface area contributed by atoms with Gasteiger partial charge in [0.15, 0.2) is 0 Å². The predicted molar refractivity (Wildman–Crippen MR) is 109 cm³/mol. The van der Waals surface area contributed by atoms with Crippen LogP contribution in [0.25, 0.3) is 0 Å². The molecule has 1 atom stereocenters. The summed E-state index contributed by atoms with van der Waals surface area (Å²) in [6.45, 7) is 4.62. The number of benzene rings is 2. The molecule has 0 bridgehead atoms. The summed E-state index contributed by atoms with van der Waals surface area (Å²) >= 11 is 0. The molecule has 2 aromatic rings. The maximum absolute atomic E-state index is 12.9. The van der Waals surface area contributed by atoms with Crippen LogP contribution in [-0.2, 0) is 14.8 Å². The topological polar surface area (TPSA) is 75.7 Å². The first-order chi connectivity index (χ1) is 13.3. The second-order valence-corrected chi connectivity index (χ2v) is 9.10. The number of piperidine rings is 1. The largest absolute Gasteiger partial charge is 0.497 e. The summed E-state index contributed by atoms with van der Waals surface area (Å²) in [6.07, 6.45) is 1.33. The predicted octanol–water partition coefficient (Wildman–Crippen LogP) is 3.35. The number of nitrogens with one attached hydrogen (secondary N) is 1. The average molecular weight is 403 g/mol. The lowest BCUT2D eigenvalue weighted by atomic mass is 9.98. The highest BCUT2D eigenvalue weighted by Gasteiger charge is 2.33. The van der Waals surface area contributed by atoms with Gasteiger partial charge in [0.2, 0.25) is 15.9 Å². The fraction of sp³-hybridized carbons (Fsp3) is 0.381. The van der Waals surface area contributed by atoms with Gasteiger partial charge in [0.25, 0.3) is 0 Å². The Balaban J connectivity index is 1.71. The van der Waals surface area contributed by atoms with Crippen molar-refractivity contribution in [3.63, 3.8) is 0 Å². The van der Waals surface area contributed by atoms with Crippen LogP contribution in [-0.4, -0.2) is 38.8 Å². The monoisotopic (exact) mass is 402 g/mol. The van der Waals surface area contributed by atoms with Crippen molar-refractivity contribution < 1.29 is 17.9 Å². The van der Waals surface area contributed by atoms with Crippen LogP contribution in [0.1, 0.15) is 24.0 Å². The fourth-order valence-corrected chi connectivity index (χ4v) is 4.86. The molecular weight excluding hydrogens is 376 g/mol. The Kier molecular flexibility index (Phi) is 6.05. The fourth-order valence-electron chi connectivity index (χ4n) is 3.33. The number of hydrogen-bond donors (Lipinski definition) is 1. The minimum Gasteiger partial charge on any atom is -0.497 e. The van der Waals surface area contributed by atoms with Crippen molar-refractivity contribution in [2.45, 2.75) is 31.6 Å². The molecule has 0 spiro atoms. The molecule has 1 N–H and O–H groups in total. The number of carbonyl (C=O) groups excluding carboxylic acids is 1. The van der Waals surface area contributed by atoms with E-state index in [0.29, 0.717) is 25.1 Å². The number of methoxy groups -OCH3 is 1. The molecule has 6 nitrogen and oxygen atoms in total. The molecule has 1 heterocycles. The molecule has 1 aliphatic rings. The molecule has 1 amide bonds. The zero-order valence-electron chi connectivity index (χ0n) is 16.4. The number of ether oxygens (including phenoxy) is 1. The van der Waals surface area contributed by atoms with Gasteiger partial charge in [-0.2, -0.15) is 4.31 Å². The summed E-state index contributed by atoms with van der Waals surface area (Å²) in [5.41, 5.74) is 3.00. The van der Waals surface area contributed by atoms with Crippen LogP contribution in [0.4, 0.5) is 5.69 Å². The van der Waals surface area contributed by atoms with Gasteiger partial charge in [-0.3, -0.25) is 4.79 Å². The molecule has 3 rings (SSSR count). The standard InChI is InChI=1S/C21H26N2O4S/c1-15-6-7-18(13-16(15)2)22-21(24)17-5-4-12-23(14-17)28(25,26)20-10-8-19(27-3)9-11-20/h6-11,13,17H,4-5,12,14H2,1-3H3,(H,22,24)/t17-/m0/s1. The zero-order valence-corrected chi connectivity index (χ0v) is 17.3. The van der Waals surface area contributed by atoms with Crippen LogP contribution >= 0.6 is 0 Å². The van der Waals surface area contributed by atoms with E-state index < -0.39 is 10.0 Å². The Morgan fingerprint density at radius 3 is 2.46 bits per heavy atom. The molecule has 28 heavy (non-hydrogen) atoms. The van der Waals surface area contributed by atoms with E-state index in [1.165, 1.54) is 23.5 Å². The lowest BCUT2D eigenvalue weighted by Crippen LogP contribution is -2.43. The minimum absolute atomic E-state index is 0.141. The van der Waals surface area contributed by atoms with E-state index in [4.69, 9.17) is 4.74 Å². The Labute approximate surface area is 166 Å². The van der Waals surface area contributed by atoms with Crippen molar-refractivity contribution in [2.75, 3.05) is 25.5 Å². The number of anilines is 1. The first-order valence-electron chi connectivity index (χ1n) is 9.33. The number of hydrogen-bond acceptors (Lipinski definition) is 4. The van der Waals surface area contributed by atoms with Gasteiger partial charge in [0.05, 0.1) is 17.9 Å². The van der Waals surface area contributed by atoms with Gasteiger partial charge < -0.3 is 10.1 Å². The van der Waals surface area contributed by atoms with Gasteiger partial charge >= 0.3 is 0 Å². The van der Waals surface area contributed by atoms with Crippen LogP contribution in [0.3, 0.4) is 0 Å². The highest BCUT2D eigenvalue weighted by Crippen LogP contribution is 2.26. The molecule has 150 valence electrons. The quantitative estimate of drug-likeness (QED) is 0.832. The van der Waals surface area contributed by atoms with E-state index in [1.54, 1.807) is 12.1 Å². The second kappa shape index (κ2) is 8.32. The molecule has 0 aliphatic carbocycles. The van der Waals surface area contributed by atoms with Crippen molar-refractivity contribution in [1.82, 2.24) is 4.31 Å². The van der Waals surface area contributed by atoms with Crippen LogP contribution in [0.15, 0.2) is 47.4 Å². The number of amides is 1. The number of rotatable bonds is 5. The summed E-state index contributed by atoms with van der Waals surface area (Å²) in [6, 6.07) is 12.1. The summed E-state index contributed by atoms with van der Waals surface area (Å²) in [5, 5.41) is 2.93. The van der Waals surface area contributed by atoms with Crippen LogP contribution in [0.5, 0.6) is 5.75 Å². The van der Waals surface area contributed by atoms with Gasteiger partial charge in [0.1, 0.15) is 5.75 Å². The summed E-state index contributed by atoms with van der Waals surface area (Å²) in [5.74, 6) is 0.0875. The molecule has 1 saturated heterocycles. The maximum Gasteiger partial charge on any atom is 0.243 e. The van der Waals surface area contributed by atoms with E-state index in [0.717, 1.165) is 16.8 Å². The number of carbonyl (C=O) groups is 1. The van der Waals surface area contributed by atoms with E-state index in [-0.39, 0.29) is 23.3 Å². The SMILES string of the molecule is COc1ccc(S(=O)(=O)N2CCC[C@H](C(=O)Nc3ccc(C)c(C)c3)C2)cc1. The van der Waals surface area contributed by atoms with Crippen molar-refractivity contribution in [1.29, 1.82) is 0 Å². The molecule has 0 radical (unpaired) electrons. The lowest BCUT2D eigenvalue weighted by molar-refractivity contribution is -0.120. The zero-order chi connectivity index (χ0) is 20.3. The minimum atomic E-state index is -3.64. The molecule has 0 unspecified atom stereocenters. The third kappa shape index (κ3) is 4.36. The Hall–Kier alpha value is -2.38. The number of sulfonamides is 1.